The molecule has 1 heterocycles. The van der Waals surface area contributed by atoms with Gasteiger partial charge >= 0.3 is 0 Å². The molecular formula is C14H20N2O3S. The van der Waals surface area contributed by atoms with Crippen LogP contribution in [0.5, 0.6) is 5.75 Å². The van der Waals surface area contributed by atoms with Gasteiger partial charge in [-0.15, -0.1) is 0 Å². The first-order valence-electron chi connectivity index (χ1n) is 6.46. The van der Waals surface area contributed by atoms with Crippen LogP contribution in [0.25, 0.3) is 0 Å². The van der Waals surface area contributed by atoms with Crippen molar-refractivity contribution in [1.29, 1.82) is 0 Å². The molecule has 0 unspecified atom stereocenters. The third kappa shape index (κ3) is 2.66. The molecule has 0 saturated heterocycles. The van der Waals surface area contributed by atoms with Gasteiger partial charge in [-0.3, -0.25) is 0 Å². The molecule has 1 aromatic rings. The second kappa shape index (κ2) is 5.46. The summed E-state index contributed by atoms with van der Waals surface area (Å²) in [5, 5.41) is 0. The first-order valence-corrected chi connectivity index (χ1v) is 7.90. The number of nitrogens with two attached hydrogens (primary N) is 1. The molecule has 0 fully saturated rings. The average molecular weight is 296 g/mol. The molecule has 1 aliphatic rings. The lowest BCUT2D eigenvalue weighted by atomic mass is 10.2. The summed E-state index contributed by atoms with van der Waals surface area (Å²) >= 11 is 0. The van der Waals surface area contributed by atoms with Crippen LogP contribution in [0.4, 0.5) is 5.69 Å². The van der Waals surface area contributed by atoms with Crippen molar-refractivity contribution in [2.24, 2.45) is 0 Å². The Morgan fingerprint density at radius 1 is 1.30 bits per heavy atom. The van der Waals surface area contributed by atoms with Crippen molar-refractivity contribution in [1.82, 2.24) is 4.31 Å². The zero-order valence-electron chi connectivity index (χ0n) is 12.0. The highest BCUT2D eigenvalue weighted by molar-refractivity contribution is 7.89. The second-order valence-electron chi connectivity index (χ2n) is 5.04. The van der Waals surface area contributed by atoms with E-state index < -0.39 is 10.0 Å². The van der Waals surface area contributed by atoms with Crippen molar-refractivity contribution in [2.75, 3.05) is 25.9 Å². The van der Waals surface area contributed by atoms with Crippen LogP contribution in [-0.2, 0) is 10.0 Å². The largest absolute Gasteiger partial charge is 0.495 e. The summed E-state index contributed by atoms with van der Waals surface area (Å²) in [6, 6.07) is 3.14. The van der Waals surface area contributed by atoms with Crippen LogP contribution in [0.1, 0.15) is 18.9 Å². The summed E-state index contributed by atoms with van der Waals surface area (Å²) in [5.74, 6) is 0.337. The standard InChI is InChI=1S/C14H20N2O3S/c1-10-5-4-6-16(9-10)20(17,18)14-8-12(15)11(2)7-13(14)19-3/h5,7-8H,4,6,9,15H2,1-3H3. The van der Waals surface area contributed by atoms with Crippen LogP contribution in [0.3, 0.4) is 0 Å². The third-order valence-corrected chi connectivity index (χ3v) is 5.33. The van der Waals surface area contributed by atoms with E-state index in [-0.39, 0.29) is 4.90 Å². The minimum absolute atomic E-state index is 0.137. The van der Waals surface area contributed by atoms with Crippen molar-refractivity contribution in [3.63, 3.8) is 0 Å². The minimum Gasteiger partial charge on any atom is -0.495 e. The molecule has 1 aromatic carbocycles. The normalized spacial score (nSPS) is 16.9. The lowest BCUT2D eigenvalue weighted by Crippen LogP contribution is -2.35. The number of ether oxygens (including phenoxy) is 1. The topological polar surface area (TPSA) is 72.6 Å². The molecule has 0 bridgehead atoms. The molecule has 1 aliphatic heterocycles. The molecule has 0 spiro atoms. The second-order valence-corrected chi connectivity index (χ2v) is 6.94. The van der Waals surface area contributed by atoms with E-state index in [4.69, 9.17) is 10.5 Å². The fraction of sp³-hybridized carbons (Fsp3) is 0.429. The summed E-state index contributed by atoms with van der Waals surface area (Å²) in [4.78, 5) is 0.137. The fourth-order valence-corrected chi connectivity index (χ4v) is 3.93. The number of hydrogen-bond donors (Lipinski definition) is 1. The number of methoxy groups -OCH3 is 1. The summed E-state index contributed by atoms with van der Waals surface area (Å²) in [6.07, 6.45) is 2.79. The maximum absolute atomic E-state index is 12.7. The molecule has 0 radical (unpaired) electrons. The molecular weight excluding hydrogens is 276 g/mol. The number of sulfonamides is 1. The van der Waals surface area contributed by atoms with Gasteiger partial charge in [0.15, 0.2) is 0 Å². The van der Waals surface area contributed by atoms with Gasteiger partial charge in [-0.2, -0.15) is 4.31 Å². The van der Waals surface area contributed by atoms with Gasteiger partial charge in [-0.25, -0.2) is 8.42 Å². The Balaban J connectivity index is 2.49. The molecule has 0 saturated carbocycles. The van der Waals surface area contributed by atoms with Gasteiger partial charge in [0.05, 0.1) is 7.11 Å². The monoisotopic (exact) mass is 296 g/mol. The van der Waals surface area contributed by atoms with E-state index >= 15 is 0 Å². The Morgan fingerprint density at radius 2 is 2.00 bits per heavy atom. The minimum atomic E-state index is -3.59. The number of benzene rings is 1. The first kappa shape index (κ1) is 14.9. The molecule has 0 aliphatic carbocycles. The molecule has 2 rings (SSSR count). The predicted molar refractivity (Wildman–Crippen MR) is 79.3 cm³/mol. The van der Waals surface area contributed by atoms with Gasteiger partial charge in [0.25, 0.3) is 0 Å². The van der Waals surface area contributed by atoms with Crippen LogP contribution < -0.4 is 10.5 Å². The fourth-order valence-electron chi connectivity index (χ4n) is 2.26. The maximum atomic E-state index is 12.7. The highest BCUT2D eigenvalue weighted by Gasteiger charge is 2.29. The van der Waals surface area contributed by atoms with Gasteiger partial charge in [-0.05, 0) is 38.0 Å². The molecule has 110 valence electrons. The molecule has 5 nitrogen and oxygen atoms in total. The number of nitrogens with zero attached hydrogens (tertiary/aromatic N) is 1. The average Bonchev–Trinajstić information content (AvgIpc) is 2.41. The Kier molecular flexibility index (Phi) is 4.06. The number of nitrogen functional groups attached to an aromatic ring is 1. The van der Waals surface area contributed by atoms with Gasteiger partial charge in [0, 0.05) is 18.8 Å². The lowest BCUT2D eigenvalue weighted by molar-refractivity contribution is 0.392. The Bertz CT molecular complexity index is 651. The Labute approximate surface area is 120 Å². The number of aryl methyl sites for hydroxylation is 1. The van der Waals surface area contributed by atoms with Gasteiger partial charge in [0.1, 0.15) is 10.6 Å². The third-order valence-electron chi connectivity index (χ3n) is 3.47. The van der Waals surface area contributed by atoms with Gasteiger partial charge < -0.3 is 10.5 Å². The van der Waals surface area contributed by atoms with Crippen molar-refractivity contribution in [3.8, 4) is 5.75 Å². The van der Waals surface area contributed by atoms with Crippen LogP contribution in [-0.4, -0.2) is 32.9 Å². The summed E-state index contributed by atoms with van der Waals surface area (Å²) in [6.45, 7) is 4.65. The molecule has 20 heavy (non-hydrogen) atoms. The zero-order valence-corrected chi connectivity index (χ0v) is 12.8. The van der Waals surface area contributed by atoms with Crippen LogP contribution >= 0.6 is 0 Å². The van der Waals surface area contributed by atoms with Crippen LogP contribution in [0.2, 0.25) is 0 Å². The first-order chi connectivity index (χ1) is 9.36. The maximum Gasteiger partial charge on any atom is 0.247 e. The van der Waals surface area contributed by atoms with E-state index in [1.165, 1.54) is 17.5 Å². The summed E-state index contributed by atoms with van der Waals surface area (Å²) < 4.78 is 32.2. The molecule has 0 aromatic heterocycles. The number of rotatable bonds is 3. The molecule has 6 heteroatoms. The number of hydrogen-bond acceptors (Lipinski definition) is 4. The number of anilines is 1. The van der Waals surface area contributed by atoms with E-state index in [0.717, 1.165) is 17.6 Å². The molecule has 0 atom stereocenters. The van der Waals surface area contributed by atoms with Crippen molar-refractivity contribution in [2.45, 2.75) is 25.2 Å². The van der Waals surface area contributed by atoms with Crippen molar-refractivity contribution in [3.05, 3.63) is 29.3 Å². The van der Waals surface area contributed by atoms with E-state index in [1.807, 2.05) is 13.8 Å². The highest BCUT2D eigenvalue weighted by atomic mass is 32.2. The van der Waals surface area contributed by atoms with E-state index in [1.54, 1.807) is 6.07 Å². The van der Waals surface area contributed by atoms with Gasteiger partial charge in [0.2, 0.25) is 10.0 Å². The van der Waals surface area contributed by atoms with E-state index in [0.29, 0.717) is 24.5 Å². The van der Waals surface area contributed by atoms with Crippen LogP contribution in [0, 0.1) is 6.92 Å². The van der Waals surface area contributed by atoms with Crippen molar-refractivity contribution >= 4 is 15.7 Å². The summed E-state index contributed by atoms with van der Waals surface area (Å²) in [5.41, 5.74) is 8.16. The summed E-state index contributed by atoms with van der Waals surface area (Å²) in [7, 11) is -2.13. The van der Waals surface area contributed by atoms with Crippen LogP contribution in [0.15, 0.2) is 28.7 Å². The zero-order chi connectivity index (χ0) is 14.9. The predicted octanol–water partition coefficient (Wildman–Crippen LogP) is 1.93. The molecule has 2 N–H and O–H groups in total. The quantitative estimate of drug-likeness (QED) is 0.683. The SMILES string of the molecule is COc1cc(C)c(N)cc1S(=O)(=O)N1CCC=C(C)C1. The lowest BCUT2D eigenvalue weighted by Gasteiger charge is -2.26. The molecule has 0 amide bonds. The smallest absolute Gasteiger partial charge is 0.247 e. The van der Waals surface area contributed by atoms with E-state index in [9.17, 15) is 8.42 Å². The van der Waals surface area contributed by atoms with Gasteiger partial charge in [-0.1, -0.05) is 11.6 Å². The Hall–Kier alpha value is -1.53. The Morgan fingerprint density at radius 3 is 2.60 bits per heavy atom. The highest BCUT2D eigenvalue weighted by Crippen LogP contribution is 2.32. The van der Waals surface area contributed by atoms with E-state index in [2.05, 4.69) is 6.08 Å². The van der Waals surface area contributed by atoms with Crippen molar-refractivity contribution < 1.29 is 13.2 Å².